The number of carbonyl (C=O) groups is 1. The molecule has 0 radical (unpaired) electrons. The molecule has 1 unspecified atom stereocenters. The molecule has 0 saturated heterocycles. The highest BCUT2D eigenvalue weighted by atomic mass is 16.5. The number of rotatable bonds is 6. The summed E-state index contributed by atoms with van der Waals surface area (Å²) in [5.41, 5.74) is -0.495. The number of aliphatic hydroxyl groups excluding tert-OH is 1. The summed E-state index contributed by atoms with van der Waals surface area (Å²) in [6.45, 7) is 0.957. The van der Waals surface area contributed by atoms with Crippen molar-refractivity contribution in [1.29, 1.82) is 0 Å². The van der Waals surface area contributed by atoms with E-state index in [-0.39, 0.29) is 12.8 Å². The number of methoxy groups -OCH3 is 1. The van der Waals surface area contributed by atoms with E-state index in [1.807, 2.05) is 6.92 Å². The van der Waals surface area contributed by atoms with Gasteiger partial charge in [-0.3, -0.25) is 9.79 Å². The first-order valence-electron chi connectivity index (χ1n) is 6.19. The maximum absolute atomic E-state index is 10.6. The molecule has 0 heterocycles. The van der Waals surface area contributed by atoms with Crippen molar-refractivity contribution in [2.75, 3.05) is 20.3 Å². The molecule has 7 nitrogen and oxygen atoms in total. The number of nitrogens with zero attached hydrogens (tertiary/aromatic N) is 1. The molecule has 0 amide bonds. The van der Waals surface area contributed by atoms with E-state index in [1.165, 1.54) is 7.11 Å². The molecule has 4 N–H and O–H groups in total. The van der Waals surface area contributed by atoms with Crippen molar-refractivity contribution < 1.29 is 24.9 Å². The summed E-state index contributed by atoms with van der Waals surface area (Å²) >= 11 is 0. The van der Waals surface area contributed by atoms with Crippen molar-refractivity contribution in [3.8, 4) is 0 Å². The summed E-state index contributed by atoms with van der Waals surface area (Å²) in [5, 5.41) is 31.2. The van der Waals surface area contributed by atoms with Crippen LogP contribution in [0.1, 0.15) is 19.8 Å². The van der Waals surface area contributed by atoms with E-state index in [0.717, 1.165) is 0 Å². The van der Waals surface area contributed by atoms with E-state index < -0.39 is 24.7 Å². The molecule has 0 aliphatic heterocycles. The summed E-state index contributed by atoms with van der Waals surface area (Å²) in [7, 11) is 1.45. The van der Waals surface area contributed by atoms with Crippen LogP contribution >= 0.6 is 0 Å². The standard InChI is InChI=1S/C13H20N2O5/c1-3-4-14-9-5-13(19,8-16)6-10(12(9)20-2)15-7-11(17)18/h3-4,14,16,19H,5-8H2,1-2H3,(H,17,18)/b4-3-,15-10?. The SMILES string of the molecule is C/C=C\NC1=C(OC)C(=NCC(=O)O)CC(O)(CO)C1. The molecule has 1 aliphatic carbocycles. The van der Waals surface area contributed by atoms with Gasteiger partial charge in [0.05, 0.1) is 30.7 Å². The van der Waals surface area contributed by atoms with Crippen LogP contribution in [0.5, 0.6) is 0 Å². The Bertz CT molecular complexity index is 456. The summed E-state index contributed by atoms with van der Waals surface area (Å²) in [6, 6.07) is 0. The van der Waals surface area contributed by atoms with Crippen LogP contribution in [0.15, 0.2) is 28.7 Å². The fourth-order valence-electron chi connectivity index (χ4n) is 1.98. The Morgan fingerprint density at radius 1 is 1.55 bits per heavy atom. The number of aliphatic hydroxyl groups is 2. The van der Waals surface area contributed by atoms with Crippen LogP contribution in [0.3, 0.4) is 0 Å². The highest BCUT2D eigenvalue weighted by Crippen LogP contribution is 2.30. The molecular weight excluding hydrogens is 264 g/mol. The van der Waals surface area contributed by atoms with Gasteiger partial charge >= 0.3 is 5.97 Å². The largest absolute Gasteiger partial charge is 0.493 e. The number of aliphatic imine (C=N–C) groups is 1. The number of hydrogen-bond acceptors (Lipinski definition) is 6. The van der Waals surface area contributed by atoms with Crippen molar-refractivity contribution in [2.45, 2.75) is 25.4 Å². The number of nitrogens with one attached hydrogen (secondary N) is 1. The second kappa shape index (κ2) is 7.06. The van der Waals surface area contributed by atoms with Crippen molar-refractivity contribution >= 4 is 11.7 Å². The minimum absolute atomic E-state index is 0.0426. The topological polar surface area (TPSA) is 111 Å². The highest BCUT2D eigenvalue weighted by Gasteiger charge is 2.37. The molecule has 0 aromatic heterocycles. The molecule has 1 rings (SSSR count). The maximum atomic E-state index is 10.6. The predicted molar refractivity (Wildman–Crippen MR) is 73.2 cm³/mol. The monoisotopic (exact) mass is 284 g/mol. The zero-order valence-corrected chi connectivity index (χ0v) is 11.6. The maximum Gasteiger partial charge on any atom is 0.325 e. The van der Waals surface area contributed by atoms with E-state index >= 15 is 0 Å². The molecule has 0 bridgehead atoms. The van der Waals surface area contributed by atoms with Gasteiger partial charge in [0.1, 0.15) is 6.54 Å². The van der Waals surface area contributed by atoms with Crippen LogP contribution in [0.2, 0.25) is 0 Å². The van der Waals surface area contributed by atoms with Gasteiger partial charge in [-0.1, -0.05) is 6.08 Å². The Morgan fingerprint density at radius 3 is 2.75 bits per heavy atom. The lowest BCUT2D eigenvalue weighted by atomic mass is 9.85. The first-order valence-corrected chi connectivity index (χ1v) is 6.19. The second-order valence-electron chi connectivity index (χ2n) is 4.55. The Kier molecular flexibility index (Phi) is 5.72. The van der Waals surface area contributed by atoms with Crippen molar-refractivity contribution in [1.82, 2.24) is 5.32 Å². The number of hydrogen-bond donors (Lipinski definition) is 4. The van der Waals surface area contributed by atoms with E-state index in [4.69, 9.17) is 9.84 Å². The van der Waals surface area contributed by atoms with Crippen LogP contribution in [0.25, 0.3) is 0 Å². The normalized spacial score (nSPS) is 25.3. The summed E-state index contributed by atoms with van der Waals surface area (Å²) in [5.74, 6) is -0.670. The van der Waals surface area contributed by atoms with E-state index in [9.17, 15) is 15.0 Å². The van der Waals surface area contributed by atoms with Crippen LogP contribution in [0.4, 0.5) is 0 Å². The molecule has 0 aromatic carbocycles. The lowest BCUT2D eigenvalue weighted by molar-refractivity contribution is -0.135. The molecular formula is C13H20N2O5. The number of carboxylic acid groups (broad SMARTS) is 1. The molecule has 112 valence electrons. The van der Waals surface area contributed by atoms with Gasteiger partial charge in [0.2, 0.25) is 0 Å². The molecule has 0 aromatic rings. The number of ether oxygens (including phenoxy) is 1. The van der Waals surface area contributed by atoms with E-state index in [2.05, 4.69) is 10.3 Å². The third-order valence-corrected chi connectivity index (χ3v) is 2.87. The molecule has 0 fully saturated rings. The second-order valence-corrected chi connectivity index (χ2v) is 4.55. The molecule has 20 heavy (non-hydrogen) atoms. The van der Waals surface area contributed by atoms with Crippen molar-refractivity contribution in [3.63, 3.8) is 0 Å². The van der Waals surface area contributed by atoms with Gasteiger partial charge in [-0.25, -0.2) is 0 Å². The van der Waals surface area contributed by atoms with Gasteiger partial charge in [0.15, 0.2) is 5.76 Å². The van der Waals surface area contributed by atoms with E-state index in [0.29, 0.717) is 17.2 Å². The molecule has 7 heteroatoms. The number of carboxylic acids is 1. The van der Waals surface area contributed by atoms with Gasteiger partial charge in [-0.15, -0.1) is 0 Å². The van der Waals surface area contributed by atoms with Gasteiger partial charge in [-0.2, -0.15) is 0 Å². The zero-order chi connectivity index (χ0) is 15.2. The Morgan fingerprint density at radius 2 is 2.25 bits per heavy atom. The van der Waals surface area contributed by atoms with Crippen LogP contribution < -0.4 is 5.32 Å². The Balaban J connectivity index is 3.16. The molecule has 1 atom stereocenters. The summed E-state index contributed by atoms with van der Waals surface area (Å²) in [4.78, 5) is 14.6. The lowest BCUT2D eigenvalue weighted by Crippen LogP contribution is -2.42. The third kappa shape index (κ3) is 4.07. The number of allylic oxidation sites excluding steroid dienone is 2. The van der Waals surface area contributed by atoms with Gasteiger partial charge in [0, 0.05) is 12.8 Å². The minimum Gasteiger partial charge on any atom is -0.493 e. The fourth-order valence-corrected chi connectivity index (χ4v) is 1.98. The average Bonchev–Trinajstić information content (AvgIpc) is 2.42. The van der Waals surface area contributed by atoms with Crippen molar-refractivity contribution in [2.24, 2.45) is 4.99 Å². The summed E-state index contributed by atoms with van der Waals surface area (Å²) < 4.78 is 5.25. The van der Waals surface area contributed by atoms with Gasteiger partial charge in [0.25, 0.3) is 0 Å². The highest BCUT2D eigenvalue weighted by molar-refractivity contribution is 6.01. The van der Waals surface area contributed by atoms with Crippen LogP contribution in [-0.4, -0.2) is 52.9 Å². The van der Waals surface area contributed by atoms with Gasteiger partial charge < -0.3 is 25.4 Å². The average molecular weight is 284 g/mol. The first-order chi connectivity index (χ1) is 9.45. The Hall–Kier alpha value is -1.86. The third-order valence-electron chi connectivity index (χ3n) is 2.87. The smallest absolute Gasteiger partial charge is 0.325 e. The quantitative estimate of drug-likeness (QED) is 0.547. The number of aliphatic carboxylic acids is 1. The zero-order valence-electron chi connectivity index (χ0n) is 11.6. The fraction of sp³-hybridized carbons (Fsp3) is 0.538. The van der Waals surface area contributed by atoms with Crippen LogP contribution in [-0.2, 0) is 9.53 Å². The van der Waals surface area contributed by atoms with E-state index in [1.54, 1.807) is 12.3 Å². The molecule has 0 spiro atoms. The van der Waals surface area contributed by atoms with Crippen molar-refractivity contribution in [3.05, 3.63) is 23.7 Å². The predicted octanol–water partition coefficient (Wildman–Crippen LogP) is 0.0104. The summed E-state index contributed by atoms with van der Waals surface area (Å²) in [6.07, 6.45) is 3.64. The first kappa shape index (κ1) is 16.2. The van der Waals surface area contributed by atoms with Crippen LogP contribution in [0, 0.1) is 0 Å². The molecule has 0 saturated carbocycles. The minimum atomic E-state index is -1.37. The molecule has 1 aliphatic rings. The Labute approximate surface area is 117 Å². The van der Waals surface area contributed by atoms with Gasteiger partial charge in [-0.05, 0) is 13.1 Å². The lowest BCUT2D eigenvalue weighted by Gasteiger charge is -2.33.